The van der Waals surface area contributed by atoms with Crippen molar-refractivity contribution >= 4 is 18.1 Å². The van der Waals surface area contributed by atoms with Gasteiger partial charge in [-0.05, 0) is 38.5 Å². The van der Waals surface area contributed by atoms with Crippen LogP contribution in [0.25, 0.3) is 0 Å². The van der Waals surface area contributed by atoms with Crippen LogP contribution in [0.3, 0.4) is 0 Å². The van der Waals surface area contributed by atoms with Gasteiger partial charge in [0.2, 0.25) is 0 Å². The normalized spacial score (nSPS) is 12.7. The van der Waals surface area contributed by atoms with Crippen molar-refractivity contribution in [2.24, 2.45) is 0 Å². The zero-order chi connectivity index (χ0) is 20.4. The van der Waals surface area contributed by atoms with Crippen molar-refractivity contribution in [3.05, 3.63) is 0 Å². The van der Waals surface area contributed by atoms with Crippen LogP contribution in [-0.2, 0) is 30.7 Å². The average molecular weight is 427 g/mol. The Morgan fingerprint density at radius 2 is 0.556 bits per heavy atom. The van der Waals surface area contributed by atoms with E-state index in [0.29, 0.717) is 39.6 Å². The Bertz CT molecular complexity index is 261. The minimum Gasteiger partial charge on any atom is -0.352 e. The van der Waals surface area contributed by atoms with Crippen LogP contribution in [0.15, 0.2) is 0 Å². The Hall–Kier alpha value is 0.154. The molecule has 0 spiro atoms. The van der Waals surface area contributed by atoms with Gasteiger partial charge in [-0.2, -0.15) is 0 Å². The van der Waals surface area contributed by atoms with Crippen LogP contribution in [0.2, 0.25) is 0 Å². The fourth-order valence-electron chi connectivity index (χ4n) is 1.94. The standard InChI is InChI=1S/C18H42O7Si2/c1-7-13-19-26(20-14-8-2,21-15-9-3)25-27(22-16-10-4,23-17-11-5)24-18-12-6/h7-18H2,1-6H3. The van der Waals surface area contributed by atoms with Gasteiger partial charge in [-0.15, -0.1) is 0 Å². The Balaban J connectivity index is 5.66. The van der Waals surface area contributed by atoms with Crippen LogP contribution >= 0.6 is 0 Å². The smallest absolute Gasteiger partial charge is 0.352 e. The molecule has 0 aromatic rings. The van der Waals surface area contributed by atoms with E-state index in [-0.39, 0.29) is 0 Å². The minimum atomic E-state index is -3.46. The highest BCUT2D eigenvalue weighted by molar-refractivity contribution is 6.68. The maximum atomic E-state index is 6.38. The Morgan fingerprint density at radius 1 is 0.370 bits per heavy atom. The van der Waals surface area contributed by atoms with E-state index >= 15 is 0 Å². The quantitative estimate of drug-likeness (QED) is 0.267. The summed E-state index contributed by atoms with van der Waals surface area (Å²) in [6, 6.07) is 0. The third-order valence-electron chi connectivity index (χ3n) is 3.15. The second-order valence-corrected chi connectivity index (χ2v) is 10.7. The summed E-state index contributed by atoms with van der Waals surface area (Å²) in [4.78, 5) is 0. The molecule has 164 valence electrons. The van der Waals surface area contributed by atoms with E-state index in [1.807, 2.05) is 41.5 Å². The van der Waals surface area contributed by atoms with Gasteiger partial charge in [0, 0.05) is 39.6 Å². The first-order chi connectivity index (χ1) is 13.1. The van der Waals surface area contributed by atoms with E-state index in [1.165, 1.54) is 0 Å². The van der Waals surface area contributed by atoms with Crippen LogP contribution in [0.1, 0.15) is 80.1 Å². The van der Waals surface area contributed by atoms with Crippen molar-refractivity contribution < 1.29 is 30.7 Å². The monoisotopic (exact) mass is 426 g/mol. The highest BCUT2D eigenvalue weighted by Crippen LogP contribution is 2.24. The van der Waals surface area contributed by atoms with Crippen molar-refractivity contribution in [2.75, 3.05) is 39.6 Å². The van der Waals surface area contributed by atoms with Crippen LogP contribution in [0.5, 0.6) is 0 Å². The van der Waals surface area contributed by atoms with Gasteiger partial charge in [0.1, 0.15) is 0 Å². The summed E-state index contributed by atoms with van der Waals surface area (Å²) in [7, 11) is -6.91. The molecule has 0 amide bonds. The summed E-state index contributed by atoms with van der Waals surface area (Å²) < 4.78 is 42.7. The molecule has 0 saturated heterocycles. The first kappa shape index (κ1) is 27.2. The van der Waals surface area contributed by atoms with Gasteiger partial charge in [-0.1, -0.05) is 41.5 Å². The van der Waals surface area contributed by atoms with Crippen molar-refractivity contribution in [3.63, 3.8) is 0 Å². The average Bonchev–Trinajstić information content (AvgIpc) is 2.70. The highest BCUT2D eigenvalue weighted by Gasteiger charge is 2.59. The molecule has 0 saturated carbocycles. The number of hydrogen-bond acceptors (Lipinski definition) is 7. The van der Waals surface area contributed by atoms with Crippen LogP contribution < -0.4 is 0 Å². The first-order valence-corrected chi connectivity index (χ1v) is 13.9. The molecule has 0 fully saturated rings. The summed E-state index contributed by atoms with van der Waals surface area (Å²) in [5.41, 5.74) is 0. The van der Waals surface area contributed by atoms with Crippen molar-refractivity contribution in [1.82, 2.24) is 0 Å². The fraction of sp³-hybridized carbons (Fsp3) is 1.00. The molecule has 0 unspecified atom stereocenters. The first-order valence-electron chi connectivity index (χ1n) is 10.6. The predicted molar refractivity (Wildman–Crippen MR) is 110 cm³/mol. The lowest BCUT2D eigenvalue weighted by Gasteiger charge is -2.35. The predicted octanol–water partition coefficient (Wildman–Crippen LogP) is 4.43. The maximum Gasteiger partial charge on any atom is 0.673 e. The van der Waals surface area contributed by atoms with Crippen LogP contribution in [-0.4, -0.2) is 57.7 Å². The summed E-state index contributed by atoms with van der Waals surface area (Å²) in [6.45, 7) is 15.2. The molecule has 0 rings (SSSR count). The molecule has 0 aliphatic carbocycles. The van der Waals surface area contributed by atoms with E-state index in [4.69, 9.17) is 30.7 Å². The summed E-state index contributed by atoms with van der Waals surface area (Å²) in [5, 5.41) is 0. The van der Waals surface area contributed by atoms with Gasteiger partial charge in [0.25, 0.3) is 0 Å². The zero-order valence-electron chi connectivity index (χ0n) is 18.3. The molecule has 0 heterocycles. The molecule has 7 nitrogen and oxygen atoms in total. The molecule has 0 bridgehead atoms. The third kappa shape index (κ3) is 11.7. The Morgan fingerprint density at radius 3 is 0.704 bits per heavy atom. The molecular formula is C18H42O7Si2. The number of hydrogen-bond donors (Lipinski definition) is 0. The van der Waals surface area contributed by atoms with Gasteiger partial charge in [0.15, 0.2) is 0 Å². The van der Waals surface area contributed by atoms with Gasteiger partial charge in [-0.25, -0.2) is 0 Å². The van der Waals surface area contributed by atoms with E-state index < -0.39 is 18.1 Å². The second kappa shape index (κ2) is 17.0. The SMILES string of the molecule is CCCO[Si](OCCC)(OCCC)O[Si](OCCC)(OCCC)OCCC. The van der Waals surface area contributed by atoms with E-state index in [0.717, 1.165) is 38.5 Å². The minimum absolute atomic E-state index is 0.486. The fourth-order valence-corrected chi connectivity index (χ4v) is 7.81. The van der Waals surface area contributed by atoms with Crippen LogP contribution in [0, 0.1) is 0 Å². The molecule has 0 aliphatic rings. The van der Waals surface area contributed by atoms with Crippen molar-refractivity contribution in [2.45, 2.75) is 80.1 Å². The lowest BCUT2D eigenvalue weighted by molar-refractivity contribution is -0.0681. The van der Waals surface area contributed by atoms with E-state index in [2.05, 4.69) is 0 Å². The molecular weight excluding hydrogens is 384 g/mol. The summed E-state index contributed by atoms with van der Waals surface area (Å²) >= 11 is 0. The third-order valence-corrected chi connectivity index (χ3v) is 8.49. The molecule has 0 N–H and O–H groups in total. The van der Waals surface area contributed by atoms with E-state index in [1.54, 1.807) is 0 Å². The molecule has 0 aromatic carbocycles. The molecule has 9 heteroatoms. The molecule has 0 radical (unpaired) electrons. The molecule has 0 aromatic heterocycles. The summed E-state index contributed by atoms with van der Waals surface area (Å²) in [6.07, 6.45) is 4.99. The van der Waals surface area contributed by atoms with Crippen molar-refractivity contribution in [1.29, 1.82) is 0 Å². The van der Waals surface area contributed by atoms with Gasteiger partial charge in [0.05, 0.1) is 0 Å². The molecule has 0 aliphatic heterocycles. The Kier molecular flexibility index (Phi) is 17.1. The highest BCUT2D eigenvalue weighted by atomic mass is 28.5. The molecule has 27 heavy (non-hydrogen) atoms. The second-order valence-electron chi connectivity index (χ2n) is 6.19. The van der Waals surface area contributed by atoms with Gasteiger partial charge >= 0.3 is 18.1 Å². The van der Waals surface area contributed by atoms with Gasteiger partial charge in [-0.3, -0.25) is 0 Å². The largest absolute Gasteiger partial charge is 0.673 e. The summed E-state index contributed by atoms with van der Waals surface area (Å²) in [5.74, 6) is 0. The number of rotatable bonds is 20. The molecule has 0 atom stereocenters. The van der Waals surface area contributed by atoms with Gasteiger partial charge < -0.3 is 30.7 Å². The lowest BCUT2D eigenvalue weighted by Crippen LogP contribution is -2.62. The van der Waals surface area contributed by atoms with Crippen molar-refractivity contribution in [3.8, 4) is 0 Å². The topological polar surface area (TPSA) is 64.6 Å². The lowest BCUT2D eigenvalue weighted by atomic mass is 10.5. The Labute approximate surface area is 168 Å². The zero-order valence-corrected chi connectivity index (χ0v) is 20.3. The maximum absolute atomic E-state index is 6.38. The van der Waals surface area contributed by atoms with Crippen LogP contribution in [0.4, 0.5) is 0 Å². The van der Waals surface area contributed by atoms with E-state index in [9.17, 15) is 0 Å².